The number of rotatable bonds is 6. The lowest BCUT2D eigenvalue weighted by Crippen LogP contribution is -2.08. The molecule has 0 fully saturated rings. The minimum Gasteiger partial charge on any atom is -0.454 e. The maximum absolute atomic E-state index is 11.6. The van der Waals surface area contributed by atoms with Crippen molar-refractivity contribution in [2.75, 3.05) is 6.61 Å². The molecule has 0 aromatic carbocycles. The van der Waals surface area contributed by atoms with Gasteiger partial charge in [-0.1, -0.05) is 39.8 Å². The van der Waals surface area contributed by atoms with E-state index in [-0.39, 0.29) is 18.7 Å². The third-order valence-electron chi connectivity index (χ3n) is 2.77. The number of aliphatic hydroxyl groups excluding tert-OH is 1. The van der Waals surface area contributed by atoms with Gasteiger partial charge in [0.2, 0.25) is 0 Å². The maximum Gasteiger partial charge on any atom is 0.334 e. The normalized spacial score (nSPS) is 21.0. The van der Waals surface area contributed by atoms with Crippen molar-refractivity contribution < 1.29 is 14.6 Å². The Hall–Kier alpha value is -0.620. The molecule has 0 aromatic heterocycles. The minimum atomic E-state index is -0.198. The molecular formula is C14H19IO3. The molecule has 0 amide bonds. The molecule has 1 aliphatic rings. The fourth-order valence-corrected chi connectivity index (χ4v) is 1.98. The van der Waals surface area contributed by atoms with E-state index in [2.05, 4.69) is 22.6 Å². The zero-order chi connectivity index (χ0) is 13.5. The maximum atomic E-state index is 11.6. The summed E-state index contributed by atoms with van der Waals surface area (Å²) in [7, 11) is 0. The largest absolute Gasteiger partial charge is 0.454 e. The lowest BCUT2D eigenvalue weighted by molar-refractivity contribution is -0.139. The Kier molecular flexibility index (Phi) is 6.63. The molecule has 4 heteroatoms. The van der Waals surface area contributed by atoms with E-state index in [0.717, 1.165) is 24.0 Å². The zero-order valence-corrected chi connectivity index (χ0v) is 12.9. The predicted molar refractivity (Wildman–Crippen MR) is 80.4 cm³/mol. The first-order chi connectivity index (χ1) is 8.56. The summed E-state index contributed by atoms with van der Waals surface area (Å²) in [4.78, 5) is 11.6. The van der Waals surface area contributed by atoms with Crippen molar-refractivity contribution in [1.29, 1.82) is 0 Å². The first kappa shape index (κ1) is 15.4. The molecule has 1 rings (SSSR count). The van der Waals surface area contributed by atoms with Crippen LogP contribution < -0.4 is 0 Å². The van der Waals surface area contributed by atoms with Crippen LogP contribution >= 0.6 is 22.6 Å². The van der Waals surface area contributed by atoms with Gasteiger partial charge in [0.15, 0.2) is 0 Å². The highest BCUT2D eigenvalue weighted by atomic mass is 127. The zero-order valence-electron chi connectivity index (χ0n) is 10.8. The summed E-state index contributed by atoms with van der Waals surface area (Å²) in [5, 5.41) is 8.87. The van der Waals surface area contributed by atoms with E-state index in [1.807, 2.05) is 30.1 Å². The van der Waals surface area contributed by atoms with Gasteiger partial charge in [-0.25, -0.2) is 4.79 Å². The molecule has 0 aliphatic carbocycles. The van der Waals surface area contributed by atoms with Crippen LogP contribution in [0.4, 0.5) is 0 Å². The summed E-state index contributed by atoms with van der Waals surface area (Å²) in [5.74, 6) is -0.198. The first-order valence-corrected chi connectivity index (χ1v) is 7.25. The van der Waals surface area contributed by atoms with Gasteiger partial charge in [0, 0.05) is 12.0 Å². The molecule has 0 saturated heterocycles. The SMILES string of the molecule is C/C(=C/I)C[C@H]1C=C(CC/C=C(\C)CO)C(=O)O1. The van der Waals surface area contributed by atoms with Gasteiger partial charge in [-0.3, -0.25) is 0 Å². The third kappa shape index (κ3) is 4.94. The standard InChI is InChI=1S/C14H19IO3/c1-10(9-16)4-3-5-12-7-13(18-14(12)17)6-11(2)8-15/h4,7-8,13,16H,3,5-6,9H2,1-2H3/b10-4+,11-8-/t13-/m0/s1. The Bertz CT molecular complexity index is 394. The highest BCUT2D eigenvalue weighted by molar-refractivity contribution is 14.1. The molecule has 1 heterocycles. The molecule has 0 unspecified atom stereocenters. The Morgan fingerprint density at radius 1 is 1.50 bits per heavy atom. The van der Waals surface area contributed by atoms with Crippen LogP contribution in [-0.2, 0) is 9.53 Å². The third-order valence-corrected chi connectivity index (χ3v) is 3.84. The number of cyclic esters (lactones) is 1. The number of aliphatic hydroxyl groups is 1. The second kappa shape index (κ2) is 7.74. The molecule has 1 atom stereocenters. The van der Waals surface area contributed by atoms with Gasteiger partial charge in [0.1, 0.15) is 6.10 Å². The molecule has 18 heavy (non-hydrogen) atoms. The van der Waals surface area contributed by atoms with E-state index in [4.69, 9.17) is 9.84 Å². The fourth-order valence-electron chi connectivity index (χ4n) is 1.73. The van der Waals surface area contributed by atoms with Gasteiger partial charge in [-0.15, -0.1) is 0 Å². The summed E-state index contributed by atoms with van der Waals surface area (Å²) >= 11 is 2.19. The summed E-state index contributed by atoms with van der Waals surface area (Å²) in [6.07, 6.45) is 5.98. The van der Waals surface area contributed by atoms with Crippen LogP contribution in [0.5, 0.6) is 0 Å². The van der Waals surface area contributed by atoms with Crippen LogP contribution in [0.1, 0.15) is 33.1 Å². The number of carbonyl (C=O) groups excluding carboxylic acids is 1. The summed E-state index contributed by atoms with van der Waals surface area (Å²) in [6.45, 7) is 3.98. The summed E-state index contributed by atoms with van der Waals surface area (Å²) in [6, 6.07) is 0. The van der Waals surface area contributed by atoms with Crippen molar-refractivity contribution in [2.45, 2.75) is 39.2 Å². The molecule has 0 radical (unpaired) electrons. The molecule has 0 aromatic rings. The van der Waals surface area contributed by atoms with E-state index in [1.165, 1.54) is 5.57 Å². The number of esters is 1. The first-order valence-electron chi connectivity index (χ1n) is 6.00. The highest BCUT2D eigenvalue weighted by Crippen LogP contribution is 2.23. The topological polar surface area (TPSA) is 46.5 Å². The van der Waals surface area contributed by atoms with Crippen LogP contribution in [0, 0.1) is 0 Å². The quantitative estimate of drug-likeness (QED) is 0.448. The van der Waals surface area contributed by atoms with Gasteiger partial charge in [-0.05, 0) is 36.8 Å². The van der Waals surface area contributed by atoms with Crippen molar-refractivity contribution in [3.05, 3.63) is 33.0 Å². The Labute approximate surface area is 122 Å². The lowest BCUT2D eigenvalue weighted by Gasteiger charge is -2.06. The van der Waals surface area contributed by atoms with E-state index < -0.39 is 0 Å². The number of hydrogen-bond donors (Lipinski definition) is 1. The van der Waals surface area contributed by atoms with Gasteiger partial charge in [0.05, 0.1) is 6.61 Å². The van der Waals surface area contributed by atoms with Crippen LogP contribution in [0.15, 0.2) is 33.0 Å². The Morgan fingerprint density at radius 2 is 2.22 bits per heavy atom. The number of allylic oxidation sites excluding steroid dienone is 1. The number of halogens is 1. The molecule has 0 saturated carbocycles. The molecule has 1 N–H and O–H groups in total. The van der Waals surface area contributed by atoms with Crippen LogP contribution in [0.25, 0.3) is 0 Å². The second-order valence-electron chi connectivity index (χ2n) is 4.54. The molecule has 100 valence electrons. The molecule has 1 aliphatic heterocycles. The van der Waals surface area contributed by atoms with Gasteiger partial charge in [-0.2, -0.15) is 0 Å². The van der Waals surface area contributed by atoms with Crippen LogP contribution in [-0.4, -0.2) is 23.8 Å². The van der Waals surface area contributed by atoms with Crippen molar-refractivity contribution in [1.82, 2.24) is 0 Å². The van der Waals surface area contributed by atoms with Crippen molar-refractivity contribution >= 4 is 28.6 Å². The predicted octanol–water partition coefficient (Wildman–Crippen LogP) is 3.29. The van der Waals surface area contributed by atoms with E-state index in [9.17, 15) is 4.79 Å². The highest BCUT2D eigenvalue weighted by Gasteiger charge is 2.24. The molecular weight excluding hydrogens is 343 g/mol. The summed E-state index contributed by atoms with van der Waals surface area (Å²) < 4.78 is 7.29. The van der Waals surface area contributed by atoms with Gasteiger partial charge >= 0.3 is 5.97 Å². The van der Waals surface area contributed by atoms with E-state index >= 15 is 0 Å². The minimum absolute atomic E-state index is 0.0752. The monoisotopic (exact) mass is 362 g/mol. The second-order valence-corrected chi connectivity index (χ2v) is 5.17. The Balaban J connectivity index is 2.50. The van der Waals surface area contributed by atoms with Crippen molar-refractivity contribution in [3.8, 4) is 0 Å². The smallest absolute Gasteiger partial charge is 0.334 e. The molecule has 3 nitrogen and oxygen atoms in total. The molecule has 0 bridgehead atoms. The molecule has 0 spiro atoms. The fraction of sp³-hybridized carbons (Fsp3) is 0.500. The van der Waals surface area contributed by atoms with Crippen molar-refractivity contribution in [3.63, 3.8) is 0 Å². The number of ether oxygens (including phenoxy) is 1. The average Bonchev–Trinajstić information content (AvgIpc) is 2.69. The van der Waals surface area contributed by atoms with Crippen molar-refractivity contribution in [2.24, 2.45) is 0 Å². The number of carbonyl (C=O) groups is 1. The van der Waals surface area contributed by atoms with E-state index in [0.29, 0.717) is 6.42 Å². The van der Waals surface area contributed by atoms with Crippen LogP contribution in [0.2, 0.25) is 0 Å². The lowest BCUT2D eigenvalue weighted by atomic mass is 10.1. The number of hydrogen-bond acceptors (Lipinski definition) is 3. The van der Waals surface area contributed by atoms with Gasteiger partial charge in [0.25, 0.3) is 0 Å². The Morgan fingerprint density at radius 3 is 2.83 bits per heavy atom. The van der Waals surface area contributed by atoms with Crippen LogP contribution in [0.3, 0.4) is 0 Å². The average molecular weight is 362 g/mol. The summed E-state index contributed by atoms with van der Waals surface area (Å²) in [5.41, 5.74) is 2.90. The van der Waals surface area contributed by atoms with Gasteiger partial charge < -0.3 is 9.84 Å². The van der Waals surface area contributed by atoms with E-state index in [1.54, 1.807) is 0 Å².